The molecule has 0 amide bonds. The summed E-state index contributed by atoms with van der Waals surface area (Å²) in [5.41, 5.74) is 12.6. The second kappa shape index (κ2) is 7.08. The minimum Gasteiger partial charge on any atom is -0.309 e. The zero-order valence-corrected chi connectivity index (χ0v) is 18.1. The third-order valence-corrected chi connectivity index (χ3v) is 6.76. The zero-order valence-electron chi connectivity index (χ0n) is 18.1. The quantitative estimate of drug-likeness (QED) is 0.264. The Balaban J connectivity index is 1.76. The minimum absolute atomic E-state index is 1.18. The standard InChI is InChI=1S/C32H21N/c1-3-12-22(13-4-1)32-31-28-19-10-9-18-26(28)24-16-7-8-17-25(24)27-20-11-21-29(30(27)31)33(32)23-14-5-2-6-15-23/h1-21H. The number of aromatic nitrogens is 1. The Morgan fingerprint density at radius 1 is 0.394 bits per heavy atom. The lowest BCUT2D eigenvalue weighted by molar-refractivity contribution is 1.13. The summed E-state index contributed by atoms with van der Waals surface area (Å²) in [5.74, 6) is 0. The number of fused-ring (bicyclic) bond motifs is 5. The second-order valence-electron chi connectivity index (χ2n) is 8.55. The minimum atomic E-state index is 1.18. The number of hydrogen-bond donors (Lipinski definition) is 0. The fourth-order valence-corrected chi connectivity index (χ4v) is 5.43. The normalized spacial score (nSPS) is 11.6. The maximum atomic E-state index is 2.44. The first-order valence-corrected chi connectivity index (χ1v) is 11.4. The van der Waals surface area contributed by atoms with Crippen molar-refractivity contribution in [3.63, 3.8) is 0 Å². The molecule has 0 N–H and O–H groups in total. The van der Waals surface area contributed by atoms with Crippen molar-refractivity contribution in [3.8, 4) is 50.3 Å². The monoisotopic (exact) mass is 419 g/mol. The number of nitrogens with zero attached hydrogens (tertiary/aromatic N) is 1. The second-order valence-corrected chi connectivity index (χ2v) is 8.55. The highest BCUT2D eigenvalue weighted by Gasteiger charge is 2.28. The van der Waals surface area contributed by atoms with Crippen LogP contribution in [0.15, 0.2) is 127 Å². The number of benzene rings is 5. The highest BCUT2D eigenvalue weighted by atomic mass is 15.0. The molecule has 0 radical (unpaired) electrons. The van der Waals surface area contributed by atoms with Gasteiger partial charge in [-0.3, -0.25) is 0 Å². The van der Waals surface area contributed by atoms with E-state index in [-0.39, 0.29) is 0 Å². The molecule has 1 nitrogen and oxygen atoms in total. The third kappa shape index (κ3) is 2.60. The van der Waals surface area contributed by atoms with Crippen molar-refractivity contribution in [3.05, 3.63) is 127 Å². The molecule has 6 aromatic rings. The van der Waals surface area contributed by atoms with Crippen LogP contribution in [0, 0.1) is 0 Å². The van der Waals surface area contributed by atoms with Gasteiger partial charge in [-0.25, -0.2) is 0 Å². The summed E-state index contributed by atoms with van der Waals surface area (Å²) in [6.45, 7) is 0. The SMILES string of the molecule is c1ccc(-c2c3c4c(cccc4n2-c2ccccc2)-c2ccccc2-c2ccccc2-3)cc1. The average molecular weight is 420 g/mol. The van der Waals surface area contributed by atoms with Gasteiger partial charge >= 0.3 is 0 Å². The summed E-state index contributed by atoms with van der Waals surface area (Å²) in [6.07, 6.45) is 0. The van der Waals surface area contributed by atoms with Crippen LogP contribution in [0.5, 0.6) is 0 Å². The van der Waals surface area contributed by atoms with Crippen LogP contribution in [0.4, 0.5) is 0 Å². The smallest absolute Gasteiger partial charge is 0.0619 e. The summed E-state index contributed by atoms with van der Waals surface area (Å²) in [6, 6.07) is 45.9. The lowest BCUT2D eigenvalue weighted by Gasteiger charge is -2.16. The molecule has 0 unspecified atom stereocenters. The van der Waals surface area contributed by atoms with Crippen LogP contribution >= 0.6 is 0 Å². The van der Waals surface area contributed by atoms with Gasteiger partial charge in [-0.15, -0.1) is 0 Å². The Bertz CT molecular complexity index is 1640. The predicted octanol–water partition coefficient (Wildman–Crippen LogP) is 8.61. The molecule has 0 spiro atoms. The molecule has 0 fully saturated rings. The molecule has 154 valence electrons. The first-order valence-electron chi connectivity index (χ1n) is 11.4. The van der Waals surface area contributed by atoms with Crippen LogP contribution in [-0.2, 0) is 0 Å². The van der Waals surface area contributed by atoms with Gasteiger partial charge in [-0.2, -0.15) is 0 Å². The Kier molecular flexibility index (Phi) is 3.91. The van der Waals surface area contributed by atoms with Crippen LogP contribution in [-0.4, -0.2) is 4.57 Å². The van der Waals surface area contributed by atoms with Gasteiger partial charge in [0.1, 0.15) is 0 Å². The van der Waals surface area contributed by atoms with Crippen molar-refractivity contribution < 1.29 is 0 Å². The summed E-state index contributed by atoms with van der Waals surface area (Å²) in [5, 5.41) is 1.32. The predicted molar refractivity (Wildman–Crippen MR) is 139 cm³/mol. The molecule has 0 saturated carbocycles. The van der Waals surface area contributed by atoms with E-state index in [0.717, 1.165) is 0 Å². The first-order chi connectivity index (χ1) is 16.4. The van der Waals surface area contributed by atoms with Gasteiger partial charge in [0, 0.05) is 16.6 Å². The van der Waals surface area contributed by atoms with Gasteiger partial charge in [0.05, 0.1) is 11.2 Å². The molecule has 5 aromatic carbocycles. The summed E-state index contributed by atoms with van der Waals surface area (Å²) in [4.78, 5) is 0. The molecule has 0 aliphatic heterocycles. The number of para-hydroxylation sites is 1. The van der Waals surface area contributed by atoms with Gasteiger partial charge in [-0.1, -0.05) is 109 Å². The van der Waals surface area contributed by atoms with Gasteiger partial charge in [-0.05, 0) is 51.6 Å². The van der Waals surface area contributed by atoms with Crippen molar-refractivity contribution in [2.75, 3.05) is 0 Å². The van der Waals surface area contributed by atoms with Gasteiger partial charge in [0.2, 0.25) is 0 Å². The molecule has 1 heterocycles. The Labute approximate surface area is 193 Å². The highest BCUT2D eigenvalue weighted by Crippen LogP contribution is 2.52. The fourth-order valence-electron chi connectivity index (χ4n) is 5.43. The van der Waals surface area contributed by atoms with Crippen LogP contribution in [0.25, 0.3) is 61.2 Å². The maximum absolute atomic E-state index is 2.44. The molecule has 0 bridgehead atoms. The largest absolute Gasteiger partial charge is 0.309 e. The maximum Gasteiger partial charge on any atom is 0.0619 e. The Hall–Kier alpha value is -4.36. The average Bonchev–Trinajstić information content (AvgIpc) is 3.19. The van der Waals surface area contributed by atoms with E-state index in [1.54, 1.807) is 0 Å². The molecule has 1 aromatic heterocycles. The fraction of sp³-hybridized carbons (Fsp3) is 0. The summed E-state index contributed by atoms with van der Waals surface area (Å²) in [7, 11) is 0. The molecule has 0 atom stereocenters. The van der Waals surface area contributed by atoms with E-state index in [1.807, 2.05) is 0 Å². The van der Waals surface area contributed by atoms with Crippen LogP contribution in [0.3, 0.4) is 0 Å². The highest BCUT2D eigenvalue weighted by molar-refractivity contribution is 6.17. The lowest BCUT2D eigenvalue weighted by Crippen LogP contribution is -1.98. The first kappa shape index (κ1) is 18.2. The Morgan fingerprint density at radius 2 is 0.909 bits per heavy atom. The number of rotatable bonds is 2. The lowest BCUT2D eigenvalue weighted by atomic mass is 9.93. The molecule has 33 heavy (non-hydrogen) atoms. The van der Waals surface area contributed by atoms with Gasteiger partial charge < -0.3 is 4.57 Å². The summed E-state index contributed by atoms with van der Waals surface area (Å²) >= 11 is 0. The topological polar surface area (TPSA) is 4.93 Å². The third-order valence-electron chi connectivity index (χ3n) is 6.76. The van der Waals surface area contributed by atoms with Crippen LogP contribution in [0.2, 0.25) is 0 Å². The van der Waals surface area contributed by atoms with Crippen LogP contribution in [0.1, 0.15) is 0 Å². The van der Waals surface area contributed by atoms with E-state index in [0.29, 0.717) is 0 Å². The molecule has 1 heteroatoms. The van der Waals surface area contributed by atoms with Crippen molar-refractivity contribution in [2.24, 2.45) is 0 Å². The van der Waals surface area contributed by atoms with Gasteiger partial charge in [0.15, 0.2) is 0 Å². The van der Waals surface area contributed by atoms with E-state index in [4.69, 9.17) is 0 Å². The van der Waals surface area contributed by atoms with E-state index in [2.05, 4.69) is 132 Å². The van der Waals surface area contributed by atoms with Crippen molar-refractivity contribution >= 4 is 10.9 Å². The molecular weight excluding hydrogens is 398 g/mol. The number of hydrogen-bond acceptors (Lipinski definition) is 0. The van der Waals surface area contributed by atoms with Crippen LogP contribution < -0.4 is 0 Å². The van der Waals surface area contributed by atoms with Crippen molar-refractivity contribution in [1.82, 2.24) is 4.57 Å². The summed E-state index contributed by atoms with van der Waals surface area (Å²) < 4.78 is 2.44. The van der Waals surface area contributed by atoms with E-state index < -0.39 is 0 Å². The van der Waals surface area contributed by atoms with Gasteiger partial charge in [0.25, 0.3) is 0 Å². The van der Waals surface area contributed by atoms with E-state index in [9.17, 15) is 0 Å². The zero-order chi connectivity index (χ0) is 21.8. The molecule has 1 aliphatic carbocycles. The van der Waals surface area contributed by atoms with Crippen molar-refractivity contribution in [1.29, 1.82) is 0 Å². The van der Waals surface area contributed by atoms with Crippen molar-refractivity contribution in [2.45, 2.75) is 0 Å². The van der Waals surface area contributed by atoms with E-state index in [1.165, 1.54) is 61.2 Å². The molecule has 1 aliphatic rings. The van der Waals surface area contributed by atoms with E-state index >= 15 is 0 Å². The molecule has 0 saturated heterocycles. The Morgan fingerprint density at radius 3 is 1.61 bits per heavy atom. The molecule has 7 rings (SSSR count). The molecular formula is C32H21N.